The Hall–Kier alpha value is -1.89. The number of hydrogen-bond donors (Lipinski definition) is 1. The van der Waals surface area contributed by atoms with Gasteiger partial charge in [-0.3, -0.25) is 4.57 Å². The van der Waals surface area contributed by atoms with Gasteiger partial charge in [-0.15, -0.1) is 0 Å². The zero-order valence-corrected chi connectivity index (χ0v) is 18.4. The minimum Gasteiger partial charge on any atom is -0.369 e. The van der Waals surface area contributed by atoms with Gasteiger partial charge in [0.05, 0.1) is 18.3 Å². The molecule has 4 nitrogen and oxygen atoms in total. The van der Waals surface area contributed by atoms with Crippen molar-refractivity contribution < 1.29 is 27.5 Å². The summed E-state index contributed by atoms with van der Waals surface area (Å²) in [6.45, 7) is 0.203. The molecule has 0 saturated heterocycles. The summed E-state index contributed by atoms with van der Waals surface area (Å²) in [4.78, 5) is 8.68. The van der Waals surface area contributed by atoms with Gasteiger partial charge in [0.15, 0.2) is 0 Å². The van der Waals surface area contributed by atoms with Crippen molar-refractivity contribution in [3.05, 3.63) is 106 Å². The molecule has 0 amide bonds. The summed E-state index contributed by atoms with van der Waals surface area (Å²) in [5.41, 5.74) is 2.29. The fraction of sp³-hybridized carbons (Fsp3) is 0.182. The van der Waals surface area contributed by atoms with Crippen molar-refractivity contribution in [2.45, 2.75) is 25.2 Å². The summed E-state index contributed by atoms with van der Waals surface area (Å²) in [6, 6.07) is 23.9. The van der Waals surface area contributed by atoms with E-state index in [9.17, 15) is 13.3 Å². The van der Waals surface area contributed by atoms with Crippen LogP contribution < -0.4 is 0 Å². The third-order valence-electron chi connectivity index (χ3n) is 4.45. The van der Waals surface area contributed by atoms with E-state index >= 15 is 0 Å². The van der Waals surface area contributed by atoms with Gasteiger partial charge in [0.25, 0.3) is 0 Å². The van der Waals surface area contributed by atoms with Gasteiger partial charge >= 0.3 is 14.4 Å². The van der Waals surface area contributed by atoms with Crippen molar-refractivity contribution in [3.63, 3.8) is 0 Å². The van der Waals surface area contributed by atoms with Gasteiger partial charge in [-0.2, -0.15) is 8.78 Å². The topological polar surface area (TPSA) is 55.8 Å². The van der Waals surface area contributed by atoms with Crippen LogP contribution in [0.25, 0.3) is 0 Å². The number of hydrogen-bond acceptors (Lipinski definition) is 3. The maximum atomic E-state index is 14.0. The molecule has 0 aromatic heterocycles. The molecule has 0 heterocycles. The second kappa shape index (κ2) is 10.4. The van der Waals surface area contributed by atoms with Crippen LogP contribution in [-0.2, 0) is 33.0 Å². The van der Waals surface area contributed by atoms with E-state index in [-0.39, 0.29) is 17.2 Å². The molecule has 0 aliphatic carbocycles. The molecule has 0 bridgehead atoms. The van der Waals surface area contributed by atoms with Crippen LogP contribution in [0.15, 0.2) is 83.3 Å². The van der Waals surface area contributed by atoms with E-state index < -0.39 is 19.9 Å². The van der Waals surface area contributed by atoms with Crippen molar-refractivity contribution in [2.24, 2.45) is 0 Å². The fourth-order valence-electron chi connectivity index (χ4n) is 3.01. The number of ether oxygens (including phenoxy) is 1. The first-order chi connectivity index (χ1) is 14.3. The standard InChI is InChI=1S/C22H20BrF2O4P/c23-20-13-17(11-12-19(20)22(24,25)29-30(26)27)15-28-21(18-9-5-2-6-10-18)14-16-7-3-1-4-8-16/h1-13,21,30H,14-15H2,(H,26,27). The summed E-state index contributed by atoms with van der Waals surface area (Å²) < 4.78 is 48.7. The van der Waals surface area contributed by atoms with Crippen LogP contribution in [0.2, 0.25) is 0 Å². The molecular formula is C22H20BrF2O4P. The van der Waals surface area contributed by atoms with Gasteiger partial charge in [0, 0.05) is 10.9 Å². The van der Waals surface area contributed by atoms with Crippen LogP contribution in [0.1, 0.15) is 28.4 Å². The molecule has 0 spiro atoms. The summed E-state index contributed by atoms with van der Waals surface area (Å²) in [7, 11) is -3.79. The van der Waals surface area contributed by atoms with E-state index in [1.54, 1.807) is 0 Å². The van der Waals surface area contributed by atoms with Gasteiger partial charge in [-0.05, 0) is 28.8 Å². The maximum absolute atomic E-state index is 14.0. The number of alkyl halides is 2. The monoisotopic (exact) mass is 496 g/mol. The van der Waals surface area contributed by atoms with Crippen LogP contribution in [0.4, 0.5) is 8.78 Å². The lowest BCUT2D eigenvalue weighted by Gasteiger charge is -2.20. The summed E-state index contributed by atoms with van der Waals surface area (Å²) in [6.07, 6.45) is -3.42. The molecule has 158 valence electrons. The van der Waals surface area contributed by atoms with Crippen molar-refractivity contribution in [3.8, 4) is 0 Å². The molecule has 2 atom stereocenters. The van der Waals surface area contributed by atoms with Gasteiger partial charge in [-0.25, -0.2) is 4.52 Å². The average molecular weight is 497 g/mol. The Bertz CT molecular complexity index is 987. The van der Waals surface area contributed by atoms with E-state index in [1.807, 2.05) is 60.7 Å². The molecule has 0 radical (unpaired) electrons. The van der Waals surface area contributed by atoms with E-state index in [0.717, 1.165) is 17.2 Å². The molecule has 30 heavy (non-hydrogen) atoms. The molecule has 2 unspecified atom stereocenters. The highest BCUT2D eigenvalue weighted by molar-refractivity contribution is 9.10. The minimum atomic E-state index is -3.87. The van der Waals surface area contributed by atoms with Crippen LogP contribution in [-0.4, -0.2) is 4.89 Å². The first-order valence-corrected chi connectivity index (χ1v) is 11.2. The first-order valence-electron chi connectivity index (χ1n) is 9.14. The quantitative estimate of drug-likeness (QED) is 0.348. The molecule has 3 aromatic rings. The van der Waals surface area contributed by atoms with E-state index in [4.69, 9.17) is 9.63 Å². The molecule has 3 rings (SSSR count). The Balaban J connectivity index is 1.75. The second-order valence-electron chi connectivity index (χ2n) is 6.60. The Morgan fingerprint density at radius 2 is 1.60 bits per heavy atom. The zero-order chi connectivity index (χ0) is 21.6. The van der Waals surface area contributed by atoms with Gasteiger partial charge in [0.2, 0.25) is 0 Å². The lowest BCUT2D eigenvalue weighted by atomic mass is 10.0. The number of rotatable bonds is 9. The molecule has 0 saturated carbocycles. The summed E-state index contributed by atoms with van der Waals surface area (Å²) >= 11 is 3.09. The van der Waals surface area contributed by atoms with Crippen molar-refractivity contribution in [1.29, 1.82) is 0 Å². The van der Waals surface area contributed by atoms with Crippen LogP contribution in [0, 0.1) is 0 Å². The minimum absolute atomic E-state index is 0.0659. The van der Waals surface area contributed by atoms with Crippen LogP contribution in [0.5, 0.6) is 0 Å². The normalized spacial score (nSPS) is 13.7. The predicted octanol–water partition coefficient (Wildman–Crippen LogP) is 6.40. The first kappa shape index (κ1) is 22.8. The van der Waals surface area contributed by atoms with Gasteiger partial charge in [0.1, 0.15) is 0 Å². The van der Waals surface area contributed by atoms with E-state index in [2.05, 4.69) is 20.5 Å². The van der Waals surface area contributed by atoms with E-state index in [1.165, 1.54) is 12.1 Å². The Kier molecular flexibility index (Phi) is 7.92. The third-order valence-corrected chi connectivity index (χ3v) is 5.54. The number of halogens is 3. The number of benzene rings is 3. The van der Waals surface area contributed by atoms with Gasteiger partial charge < -0.3 is 9.63 Å². The molecular weight excluding hydrogens is 477 g/mol. The largest absolute Gasteiger partial charge is 0.390 e. The van der Waals surface area contributed by atoms with Crippen molar-refractivity contribution in [1.82, 2.24) is 0 Å². The van der Waals surface area contributed by atoms with Gasteiger partial charge in [-0.1, -0.05) is 82.7 Å². The molecule has 3 aromatic carbocycles. The lowest BCUT2D eigenvalue weighted by molar-refractivity contribution is -0.186. The smallest absolute Gasteiger partial charge is 0.369 e. The fourth-order valence-corrected chi connectivity index (χ4v) is 4.00. The lowest BCUT2D eigenvalue weighted by Crippen LogP contribution is -2.15. The highest BCUT2D eigenvalue weighted by Crippen LogP contribution is 2.41. The average Bonchev–Trinajstić information content (AvgIpc) is 2.71. The third kappa shape index (κ3) is 6.30. The molecule has 0 fully saturated rings. The highest BCUT2D eigenvalue weighted by Gasteiger charge is 2.37. The predicted molar refractivity (Wildman–Crippen MR) is 114 cm³/mol. The van der Waals surface area contributed by atoms with E-state index in [0.29, 0.717) is 12.0 Å². The Labute approximate surface area is 182 Å². The second-order valence-corrected chi connectivity index (χ2v) is 8.19. The Morgan fingerprint density at radius 3 is 2.20 bits per heavy atom. The molecule has 0 aliphatic rings. The molecule has 8 heteroatoms. The summed E-state index contributed by atoms with van der Waals surface area (Å²) in [5.74, 6) is 0. The highest BCUT2D eigenvalue weighted by atomic mass is 79.9. The zero-order valence-electron chi connectivity index (χ0n) is 15.8. The van der Waals surface area contributed by atoms with Crippen LogP contribution in [0.3, 0.4) is 0 Å². The Morgan fingerprint density at radius 1 is 0.967 bits per heavy atom. The van der Waals surface area contributed by atoms with Crippen molar-refractivity contribution >= 4 is 24.2 Å². The maximum Gasteiger partial charge on any atom is 0.390 e. The SMILES string of the molecule is O=[PH](O)OC(F)(F)c1ccc(COC(Cc2ccccc2)c2ccccc2)cc1Br. The van der Waals surface area contributed by atoms with Crippen LogP contribution >= 0.6 is 24.2 Å². The summed E-state index contributed by atoms with van der Waals surface area (Å²) in [5, 5.41) is 0. The van der Waals surface area contributed by atoms with Crippen molar-refractivity contribution in [2.75, 3.05) is 0 Å². The molecule has 0 aliphatic heterocycles. The molecule has 1 N–H and O–H groups in total.